The Bertz CT molecular complexity index is 536. The molecule has 1 aromatic heterocycles. The van der Waals surface area contributed by atoms with Gasteiger partial charge in [-0.1, -0.05) is 28.1 Å². The second kappa shape index (κ2) is 5.85. The van der Waals surface area contributed by atoms with Crippen molar-refractivity contribution in [2.24, 2.45) is 0 Å². The molecule has 2 rings (SSSR count). The predicted octanol–water partition coefficient (Wildman–Crippen LogP) is 4.29. The molecule has 2 aromatic rings. The number of aromatic nitrogens is 1. The Labute approximate surface area is 121 Å². The molecule has 96 valence electrons. The maximum atomic E-state index is 4.51. The van der Waals surface area contributed by atoms with Gasteiger partial charge in [0, 0.05) is 23.4 Å². The van der Waals surface area contributed by atoms with Crippen LogP contribution in [-0.4, -0.2) is 12.0 Å². The van der Waals surface area contributed by atoms with Gasteiger partial charge >= 0.3 is 0 Å². The van der Waals surface area contributed by atoms with E-state index in [0.717, 1.165) is 22.6 Å². The van der Waals surface area contributed by atoms with Crippen LogP contribution in [0.15, 0.2) is 23.6 Å². The normalized spacial score (nSPS) is 10.7. The third kappa shape index (κ3) is 3.12. The summed E-state index contributed by atoms with van der Waals surface area (Å²) in [6.45, 7) is 5.06. The number of nitrogens with zero attached hydrogens (tertiary/aromatic N) is 2. The van der Waals surface area contributed by atoms with E-state index in [1.54, 1.807) is 11.3 Å². The number of anilines is 1. The molecule has 0 saturated heterocycles. The molecule has 0 aliphatic rings. The fraction of sp³-hybridized carbons (Fsp3) is 0.357. The Balaban J connectivity index is 2.15. The van der Waals surface area contributed by atoms with Crippen molar-refractivity contribution < 1.29 is 0 Å². The zero-order valence-corrected chi connectivity index (χ0v) is 13.3. The number of benzene rings is 1. The molecule has 1 heterocycles. The standard InChI is InChI=1S/C14H17BrN2S/c1-10-6-12(7-15)4-5-14(10)17(3)8-13-9-18-11(2)16-13/h4-6,9H,7-8H2,1-3H3. The maximum Gasteiger partial charge on any atom is 0.0898 e. The highest BCUT2D eigenvalue weighted by molar-refractivity contribution is 9.08. The summed E-state index contributed by atoms with van der Waals surface area (Å²) in [7, 11) is 2.12. The van der Waals surface area contributed by atoms with Crippen molar-refractivity contribution >= 4 is 33.0 Å². The van der Waals surface area contributed by atoms with E-state index in [4.69, 9.17) is 0 Å². The molecule has 4 heteroatoms. The van der Waals surface area contributed by atoms with Gasteiger partial charge in [0.05, 0.1) is 17.2 Å². The Hall–Kier alpha value is -0.870. The summed E-state index contributed by atoms with van der Waals surface area (Å²) >= 11 is 5.20. The first kappa shape index (κ1) is 13.6. The molecule has 0 atom stereocenters. The molecule has 0 spiro atoms. The van der Waals surface area contributed by atoms with Crippen molar-refractivity contribution in [1.29, 1.82) is 0 Å². The summed E-state index contributed by atoms with van der Waals surface area (Å²) in [6, 6.07) is 6.58. The van der Waals surface area contributed by atoms with Gasteiger partial charge in [0.2, 0.25) is 0 Å². The van der Waals surface area contributed by atoms with Crippen LogP contribution in [0.4, 0.5) is 5.69 Å². The highest BCUT2D eigenvalue weighted by Gasteiger charge is 2.07. The number of rotatable bonds is 4. The van der Waals surface area contributed by atoms with Crippen molar-refractivity contribution in [2.45, 2.75) is 25.7 Å². The summed E-state index contributed by atoms with van der Waals surface area (Å²) in [4.78, 5) is 6.76. The van der Waals surface area contributed by atoms with E-state index in [9.17, 15) is 0 Å². The van der Waals surface area contributed by atoms with Gasteiger partial charge in [-0.25, -0.2) is 4.98 Å². The van der Waals surface area contributed by atoms with Crippen LogP contribution >= 0.6 is 27.3 Å². The number of aryl methyl sites for hydroxylation is 2. The van der Waals surface area contributed by atoms with Crippen LogP contribution in [0.3, 0.4) is 0 Å². The first-order valence-corrected chi connectivity index (χ1v) is 7.88. The first-order valence-electron chi connectivity index (χ1n) is 5.88. The number of halogens is 1. The van der Waals surface area contributed by atoms with E-state index in [0.29, 0.717) is 0 Å². The third-order valence-corrected chi connectivity index (χ3v) is 4.36. The third-order valence-electron chi connectivity index (χ3n) is 2.89. The summed E-state index contributed by atoms with van der Waals surface area (Å²) < 4.78 is 0. The molecule has 0 aliphatic heterocycles. The van der Waals surface area contributed by atoms with Gasteiger partial charge in [-0.05, 0) is 31.0 Å². The van der Waals surface area contributed by atoms with E-state index in [2.05, 4.69) is 63.4 Å². The molecule has 1 aromatic carbocycles. The van der Waals surface area contributed by atoms with Crippen LogP contribution in [0.25, 0.3) is 0 Å². The highest BCUT2D eigenvalue weighted by Crippen LogP contribution is 2.23. The van der Waals surface area contributed by atoms with E-state index in [1.807, 2.05) is 6.92 Å². The molecular formula is C14H17BrN2S. The Morgan fingerprint density at radius 2 is 2.11 bits per heavy atom. The van der Waals surface area contributed by atoms with Crippen molar-refractivity contribution in [3.05, 3.63) is 45.4 Å². The van der Waals surface area contributed by atoms with Crippen molar-refractivity contribution in [3.8, 4) is 0 Å². The molecular weight excluding hydrogens is 308 g/mol. The topological polar surface area (TPSA) is 16.1 Å². The lowest BCUT2D eigenvalue weighted by Crippen LogP contribution is -2.17. The van der Waals surface area contributed by atoms with Crippen molar-refractivity contribution in [3.63, 3.8) is 0 Å². The monoisotopic (exact) mass is 324 g/mol. The minimum atomic E-state index is 0.860. The molecule has 0 amide bonds. The molecule has 0 bridgehead atoms. The van der Waals surface area contributed by atoms with Crippen LogP contribution in [0.5, 0.6) is 0 Å². The number of alkyl halides is 1. The summed E-state index contributed by atoms with van der Waals surface area (Å²) in [5, 5.41) is 4.17. The Kier molecular flexibility index (Phi) is 4.40. The average molecular weight is 325 g/mol. The zero-order chi connectivity index (χ0) is 13.1. The average Bonchev–Trinajstić information content (AvgIpc) is 2.74. The van der Waals surface area contributed by atoms with Crippen LogP contribution in [0.2, 0.25) is 0 Å². The molecule has 0 N–H and O–H groups in total. The molecule has 0 fully saturated rings. The minimum absolute atomic E-state index is 0.860. The van der Waals surface area contributed by atoms with E-state index >= 15 is 0 Å². The first-order chi connectivity index (χ1) is 8.60. The quantitative estimate of drug-likeness (QED) is 0.780. The number of hydrogen-bond acceptors (Lipinski definition) is 3. The molecule has 0 aliphatic carbocycles. The second-order valence-electron chi connectivity index (χ2n) is 4.47. The number of thiazole rings is 1. The van der Waals surface area contributed by atoms with Gasteiger partial charge in [-0.15, -0.1) is 11.3 Å². The molecule has 0 saturated carbocycles. The van der Waals surface area contributed by atoms with Crippen LogP contribution in [0.1, 0.15) is 21.8 Å². The lowest BCUT2D eigenvalue weighted by atomic mass is 10.1. The molecule has 18 heavy (non-hydrogen) atoms. The molecule has 0 unspecified atom stereocenters. The van der Waals surface area contributed by atoms with E-state index in [-0.39, 0.29) is 0 Å². The predicted molar refractivity (Wildman–Crippen MR) is 82.8 cm³/mol. The van der Waals surface area contributed by atoms with Crippen LogP contribution in [-0.2, 0) is 11.9 Å². The van der Waals surface area contributed by atoms with Gasteiger partial charge < -0.3 is 4.90 Å². The van der Waals surface area contributed by atoms with Crippen molar-refractivity contribution in [2.75, 3.05) is 11.9 Å². The summed E-state index contributed by atoms with van der Waals surface area (Å²) in [5.74, 6) is 0. The van der Waals surface area contributed by atoms with Gasteiger partial charge in [-0.2, -0.15) is 0 Å². The lowest BCUT2D eigenvalue weighted by Gasteiger charge is -2.21. The van der Waals surface area contributed by atoms with Crippen LogP contribution < -0.4 is 4.90 Å². The Morgan fingerprint density at radius 1 is 1.33 bits per heavy atom. The highest BCUT2D eigenvalue weighted by atomic mass is 79.9. The van der Waals surface area contributed by atoms with E-state index in [1.165, 1.54) is 16.8 Å². The maximum absolute atomic E-state index is 4.51. The number of hydrogen-bond donors (Lipinski definition) is 0. The smallest absolute Gasteiger partial charge is 0.0898 e. The van der Waals surface area contributed by atoms with Gasteiger partial charge in [0.15, 0.2) is 0 Å². The minimum Gasteiger partial charge on any atom is -0.368 e. The van der Waals surface area contributed by atoms with Gasteiger partial charge in [0.25, 0.3) is 0 Å². The molecule has 2 nitrogen and oxygen atoms in total. The van der Waals surface area contributed by atoms with Crippen molar-refractivity contribution in [1.82, 2.24) is 4.98 Å². The zero-order valence-electron chi connectivity index (χ0n) is 10.9. The van der Waals surface area contributed by atoms with E-state index < -0.39 is 0 Å². The lowest BCUT2D eigenvalue weighted by molar-refractivity contribution is 0.885. The molecule has 0 radical (unpaired) electrons. The Morgan fingerprint density at radius 3 is 2.67 bits per heavy atom. The second-order valence-corrected chi connectivity index (χ2v) is 6.09. The van der Waals surface area contributed by atoms with Crippen LogP contribution in [0, 0.1) is 13.8 Å². The SMILES string of the molecule is Cc1nc(CN(C)c2ccc(CBr)cc2C)cs1. The fourth-order valence-corrected chi connectivity index (χ4v) is 2.99. The summed E-state index contributed by atoms with van der Waals surface area (Å²) in [5.41, 5.74) is 5.03. The largest absolute Gasteiger partial charge is 0.368 e. The fourth-order valence-electron chi connectivity index (χ4n) is 2.04. The summed E-state index contributed by atoms with van der Waals surface area (Å²) in [6.07, 6.45) is 0. The van der Waals surface area contributed by atoms with Gasteiger partial charge in [0.1, 0.15) is 0 Å². The van der Waals surface area contributed by atoms with Gasteiger partial charge in [-0.3, -0.25) is 0 Å².